The fourth-order valence-electron chi connectivity index (χ4n) is 1.98. The van der Waals surface area contributed by atoms with E-state index in [0.717, 1.165) is 18.8 Å². The van der Waals surface area contributed by atoms with Gasteiger partial charge < -0.3 is 0 Å². The molecule has 0 aromatic rings. The Hall–Kier alpha value is 0.190. The van der Waals surface area contributed by atoms with Gasteiger partial charge in [-0.2, -0.15) is 5.26 Å². The Labute approximate surface area is 122 Å². The van der Waals surface area contributed by atoms with Crippen molar-refractivity contribution in [1.82, 2.24) is 0 Å². The minimum absolute atomic E-state index is 0.286. The molecule has 0 aliphatic carbocycles. The minimum atomic E-state index is 0.286. The second-order valence-corrected chi connectivity index (χ2v) is 7.57. The third-order valence-electron chi connectivity index (χ3n) is 3.39. The molecule has 0 radical (unpaired) electrons. The number of nitrogens with zero attached hydrogens (tertiary/aromatic N) is 1. The van der Waals surface area contributed by atoms with Gasteiger partial charge in [0.05, 0.1) is 6.07 Å². The van der Waals surface area contributed by atoms with Crippen molar-refractivity contribution >= 4 is 21.6 Å². The van der Waals surface area contributed by atoms with Gasteiger partial charge in [-0.25, -0.2) is 0 Å². The summed E-state index contributed by atoms with van der Waals surface area (Å²) in [5.74, 6) is 3.69. The summed E-state index contributed by atoms with van der Waals surface area (Å²) < 4.78 is 0. The summed E-state index contributed by atoms with van der Waals surface area (Å²) in [5, 5.41) is 8.95. The van der Waals surface area contributed by atoms with Gasteiger partial charge in [-0.3, -0.25) is 0 Å². The lowest BCUT2D eigenvalue weighted by atomic mass is 9.90. The summed E-state index contributed by atoms with van der Waals surface area (Å²) in [5.41, 5.74) is 0. The highest BCUT2D eigenvalue weighted by Gasteiger charge is 2.10. The summed E-state index contributed by atoms with van der Waals surface area (Å²) in [7, 11) is 4.04. The van der Waals surface area contributed by atoms with Gasteiger partial charge in [-0.05, 0) is 44.4 Å². The first-order valence-electron chi connectivity index (χ1n) is 7.42. The monoisotopic (exact) mass is 287 g/mol. The molecule has 0 heterocycles. The van der Waals surface area contributed by atoms with Crippen LogP contribution in [0.25, 0.3) is 0 Å². The standard InChI is InChI=1S/C15H29NS2/c1-4-11-17-18-12-7-8-14(5-2)9-10-15(6-3)13-16/h14-15H,4-12H2,1-3H3. The van der Waals surface area contributed by atoms with Crippen LogP contribution in [-0.4, -0.2) is 11.5 Å². The third kappa shape index (κ3) is 10.1. The van der Waals surface area contributed by atoms with Crippen LogP contribution in [0.2, 0.25) is 0 Å². The summed E-state index contributed by atoms with van der Waals surface area (Å²) in [6.45, 7) is 6.65. The summed E-state index contributed by atoms with van der Waals surface area (Å²) >= 11 is 0. The first kappa shape index (κ1) is 18.2. The van der Waals surface area contributed by atoms with Gasteiger partial charge in [0.2, 0.25) is 0 Å². The molecule has 0 saturated heterocycles. The normalized spacial score (nSPS) is 14.1. The lowest BCUT2D eigenvalue weighted by Crippen LogP contribution is -2.04. The van der Waals surface area contributed by atoms with Crippen molar-refractivity contribution in [3.05, 3.63) is 0 Å². The van der Waals surface area contributed by atoms with Crippen LogP contribution < -0.4 is 0 Å². The van der Waals surface area contributed by atoms with Gasteiger partial charge in [-0.15, -0.1) is 0 Å². The average molecular weight is 288 g/mol. The van der Waals surface area contributed by atoms with E-state index in [1.807, 2.05) is 21.6 Å². The predicted molar refractivity (Wildman–Crippen MR) is 86.9 cm³/mol. The van der Waals surface area contributed by atoms with Crippen LogP contribution in [0.4, 0.5) is 0 Å². The van der Waals surface area contributed by atoms with Gasteiger partial charge >= 0.3 is 0 Å². The zero-order valence-electron chi connectivity index (χ0n) is 12.3. The van der Waals surface area contributed by atoms with Crippen molar-refractivity contribution < 1.29 is 0 Å². The van der Waals surface area contributed by atoms with Gasteiger partial charge in [0.1, 0.15) is 0 Å². The quantitative estimate of drug-likeness (QED) is 0.329. The maximum Gasteiger partial charge on any atom is 0.0655 e. The summed E-state index contributed by atoms with van der Waals surface area (Å²) in [6.07, 6.45) is 8.59. The van der Waals surface area contributed by atoms with E-state index in [1.54, 1.807) is 0 Å². The van der Waals surface area contributed by atoms with Crippen molar-refractivity contribution in [1.29, 1.82) is 5.26 Å². The molecule has 0 saturated carbocycles. The Morgan fingerprint density at radius 1 is 0.944 bits per heavy atom. The zero-order chi connectivity index (χ0) is 13.6. The highest BCUT2D eigenvalue weighted by molar-refractivity contribution is 8.76. The fourth-order valence-corrected chi connectivity index (χ4v) is 4.23. The van der Waals surface area contributed by atoms with Crippen LogP contribution in [-0.2, 0) is 0 Å². The average Bonchev–Trinajstić information content (AvgIpc) is 2.41. The molecule has 2 atom stereocenters. The molecule has 3 heteroatoms. The Morgan fingerprint density at radius 2 is 1.67 bits per heavy atom. The van der Waals surface area contributed by atoms with Crippen molar-refractivity contribution in [2.45, 2.75) is 65.7 Å². The molecule has 0 spiro atoms. The maximum absolute atomic E-state index is 8.95. The van der Waals surface area contributed by atoms with Crippen LogP contribution in [0, 0.1) is 23.2 Å². The van der Waals surface area contributed by atoms with Crippen LogP contribution in [0.1, 0.15) is 65.7 Å². The SMILES string of the molecule is CCCSSCCCC(CC)CCC(C#N)CC. The Kier molecular flexibility index (Phi) is 13.8. The topological polar surface area (TPSA) is 23.8 Å². The third-order valence-corrected chi connectivity index (χ3v) is 6.08. The summed E-state index contributed by atoms with van der Waals surface area (Å²) in [4.78, 5) is 0. The van der Waals surface area contributed by atoms with Crippen LogP contribution in [0.3, 0.4) is 0 Å². The molecule has 0 bridgehead atoms. The van der Waals surface area contributed by atoms with Crippen molar-refractivity contribution in [3.63, 3.8) is 0 Å². The lowest BCUT2D eigenvalue weighted by Gasteiger charge is -2.15. The van der Waals surface area contributed by atoms with Gasteiger partial charge in [0.15, 0.2) is 0 Å². The molecule has 0 aromatic carbocycles. The molecule has 18 heavy (non-hydrogen) atoms. The zero-order valence-corrected chi connectivity index (χ0v) is 13.9. The number of hydrogen-bond donors (Lipinski definition) is 0. The van der Waals surface area contributed by atoms with Gasteiger partial charge in [0, 0.05) is 17.4 Å². The number of nitriles is 1. The number of rotatable bonds is 12. The van der Waals surface area contributed by atoms with Crippen molar-refractivity contribution in [2.24, 2.45) is 11.8 Å². The minimum Gasteiger partial charge on any atom is -0.198 e. The maximum atomic E-state index is 8.95. The molecule has 0 fully saturated rings. The van der Waals surface area contributed by atoms with Crippen LogP contribution in [0.5, 0.6) is 0 Å². The molecule has 1 nitrogen and oxygen atoms in total. The molecule has 2 unspecified atom stereocenters. The molecule has 0 aliphatic rings. The molecule has 0 rings (SSSR count). The second-order valence-electron chi connectivity index (χ2n) is 4.87. The van der Waals surface area contributed by atoms with Crippen LogP contribution >= 0.6 is 21.6 Å². The van der Waals surface area contributed by atoms with Crippen molar-refractivity contribution in [3.8, 4) is 6.07 Å². The highest BCUT2D eigenvalue weighted by Crippen LogP contribution is 2.26. The van der Waals surface area contributed by atoms with Crippen molar-refractivity contribution in [2.75, 3.05) is 11.5 Å². The van der Waals surface area contributed by atoms with E-state index in [9.17, 15) is 0 Å². The van der Waals surface area contributed by atoms with E-state index >= 15 is 0 Å². The molecule has 106 valence electrons. The van der Waals surface area contributed by atoms with E-state index in [2.05, 4.69) is 26.8 Å². The molecule has 0 aliphatic heterocycles. The largest absolute Gasteiger partial charge is 0.198 e. The number of hydrogen-bond acceptors (Lipinski definition) is 3. The van der Waals surface area contributed by atoms with Crippen LogP contribution in [0.15, 0.2) is 0 Å². The van der Waals surface area contributed by atoms with E-state index in [1.165, 1.54) is 43.6 Å². The van der Waals surface area contributed by atoms with E-state index in [-0.39, 0.29) is 5.92 Å². The molecule has 0 aromatic heterocycles. The van der Waals surface area contributed by atoms with Gasteiger partial charge in [-0.1, -0.05) is 48.8 Å². The Bertz CT molecular complexity index is 213. The van der Waals surface area contributed by atoms with E-state index in [0.29, 0.717) is 0 Å². The molecule has 0 N–H and O–H groups in total. The highest BCUT2D eigenvalue weighted by atomic mass is 33.1. The second kappa shape index (κ2) is 13.6. The van der Waals surface area contributed by atoms with E-state index in [4.69, 9.17) is 5.26 Å². The molecular weight excluding hydrogens is 258 g/mol. The summed E-state index contributed by atoms with van der Waals surface area (Å²) in [6, 6.07) is 2.41. The van der Waals surface area contributed by atoms with Gasteiger partial charge in [0.25, 0.3) is 0 Å². The Balaban J connectivity index is 3.55. The smallest absolute Gasteiger partial charge is 0.0655 e. The fraction of sp³-hybridized carbons (Fsp3) is 0.933. The molecule has 0 amide bonds. The first-order valence-corrected chi connectivity index (χ1v) is 9.91. The molecular formula is C15H29NS2. The Morgan fingerprint density at radius 3 is 2.22 bits per heavy atom. The lowest BCUT2D eigenvalue weighted by molar-refractivity contribution is 0.391. The predicted octanol–water partition coefficient (Wildman–Crippen LogP) is 5.91. The van der Waals surface area contributed by atoms with E-state index < -0.39 is 0 Å². The first-order chi connectivity index (χ1) is 8.78.